The second-order valence-corrected chi connectivity index (χ2v) is 5.49. The summed E-state index contributed by atoms with van der Waals surface area (Å²) in [6.45, 7) is 3.73. The molecule has 5 nitrogen and oxygen atoms in total. The molecule has 0 amide bonds. The van der Waals surface area contributed by atoms with Crippen molar-refractivity contribution in [1.82, 2.24) is 14.7 Å². The average Bonchev–Trinajstić information content (AvgIpc) is 2.87. The number of hydrogen-bond donors (Lipinski definition) is 1. The Morgan fingerprint density at radius 3 is 2.81 bits per heavy atom. The Hall–Kier alpha value is -2.21. The van der Waals surface area contributed by atoms with Crippen molar-refractivity contribution in [3.8, 4) is 5.69 Å². The van der Waals surface area contributed by atoms with Gasteiger partial charge in [0.05, 0.1) is 11.9 Å². The maximum atomic E-state index is 13.2. The summed E-state index contributed by atoms with van der Waals surface area (Å²) in [5.41, 5.74) is 0.513. The van der Waals surface area contributed by atoms with E-state index in [0.29, 0.717) is 12.2 Å². The van der Waals surface area contributed by atoms with Crippen molar-refractivity contribution in [1.29, 1.82) is 0 Å². The minimum Gasteiger partial charge on any atom is -0.480 e. The first-order valence-corrected chi connectivity index (χ1v) is 6.55. The second kappa shape index (κ2) is 5.65. The van der Waals surface area contributed by atoms with Crippen molar-refractivity contribution in [3.63, 3.8) is 0 Å². The Balaban J connectivity index is 2.16. The fourth-order valence-electron chi connectivity index (χ4n) is 1.84. The Morgan fingerprint density at radius 1 is 1.48 bits per heavy atom. The highest BCUT2D eigenvalue weighted by molar-refractivity contribution is 5.77. The average molecular weight is 291 g/mol. The summed E-state index contributed by atoms with van der Waals surface area (Å²) in [5, 5.41) is 13.4. The number of halogens is 1. The van der Waals surface area contributed by atoms with Crippen molar-refractivity contribution in [2.45, 2.75) is 25.9 Å². The van der Waals surface area contributed by atoms with E-state index in [-0.39, 0.29) is 5.82 Å². The molecule has 1 N–H and O–H groups in total. The molecule has 0 saturated carbocycles. The molecular weight excluding hydrogens is 273 g/mol. The van der Waals surface area contributed by atoms with Crippen molar-refractivity contribution in [2.24, 2.45) is 0 Å². The predicted molar refractivity (Wildman–Crippen MR) is 76.7 cm³/mol. The standard InChI is InChI=1S/C15H18FN3O2/c1-15(2,14(20)21)18(3)9-11-8-17-19(10-11)13-6-4-5-12(16)7-13/h4-8,10H,9H2,1-3H3,(H,20,21). The van der Waals surface area contributed by atoms with Crippen LogP contribution in [0.4, 0.5) is 4.39 Å². The zero-order chi connectivity index (χ0) is 15.6. The van der Waals surface area contributed by atoms with Gasteiger partial charge in [0.15, 0.2) is 0 Å². The molecule has 0 saturated heterocycles. The van der Waals surface area contributed by atoms with Gasteiger partial charge in [-0.2, -0.15) is 5.10 Å². The zero-order valence-corrected chi connectivity index (χ0v) is 12.2. The molecule has 0 aliphatic carbocycles. The number of aliphatic carboxylic acids is 1. The van der Waals surface area contributed by atoms with Crippen LogP contribution in [0.5, 0.6) is 0 Å². The van der Waals surface area contributed by atoms with Gasteiger partial charge in [0.1, 0.15) is 11.4 Å². The molecule has 0 aliphatic rings. The molecule has 0 radical (unpaired) electrons. The Labute approximate surface area is 122 Å². The summed E-state index contributed by atoms with van der Waals surface area (Å²) in [6, 6.07) is 6.13. The van der Waals surface area contributed by atoms with Gasteiger partial charge in [-0.05, 0) is 39.1 Å². The molecule has 1 heterocycles. The van der Waals surface area contributed by atoms with E-state index < -0.39 is 11.5 Å². The van der Waals surface area contributed by atoms with E-state index in [4.69, 9.17) is 0 Å². The molecule has 0 fully saturated rings. The normalized spacial score (nSPS) is 11.9. The molecule has 0 spiro atoms. The lowest BCUT2D eigenvalue weighted by molar-refractivity contribution is -0.148. The van der Waals surface area contributed by atoms with Gasteiger partial charge in [0.2, 0.25) is 0 Å². The summed E-state index contributed by atoms with van der Waals surface area (Å²) in [5.74, 6) is -1.21. The monoisotopic (exact) mass is 291 g/mol. The first-order valence-electron chi connectivity index (χ1n) is 6.55. The maximum Gasteiger partial charge on any atom is 0.323 e. The molecule has 0 atom stereocenters. The molecule has 0 unspecified atom stereocenters. The molecule has 1 aromatic carbocycles. The number of rotatable bonds is 5. The molecule has 0 bridgehead atoms. The molecule has 6 heteroatoms. The smallest absolute Gasteiger partial charge is 0.323 e. The van der Waals surface area contributed by atoms with Gasteiger partial charge < -0.3 is 5.11 Å². The van der Waals surface area contributed by atoms with Crippen LogP contribution in [0.3, 0.4) is 0 Å². The zero-order valence-electron chi connectivity index (χ0n) is 12.2. The summed E-state index contributed by atoms with van der Waals surface area (Å²) >= 11 is 0. The van der Waals surface area contributed by atoms with Crippen LogP contribution in [0.25, 0.3) is 5.69 Å². The fourth-order valence-corrected chi connectivity index (χ4v) is 1.84. The van der Waals surface area contributed by atoms with Gasteiger partial charge in [-0.15, -0.1) is 0 Å². The number of carboxylic acid groups (broad SMARTS) is 1. The molecule has 0 aliphatic heterocycles. The van der Waals surface area contributed by atoms with E-state index >= 15 is 0 Å². The minimum atomic E-state index is -0.971. The van der Waals surface area contributed by atoms with E-state index in [0.717, 1.165) is 5.56 Å². The van der Waals surface area contributed by atoms with Gasteiger partial charge >= 0.3 is 5.97 Å². The van der Waals surface area contributed by atoms with Crippen LogP contribution in [0.15, 0.2) is 36.7 Å². The third-order valence-corrected chi connectivity index (χ3v) is 3.61. The lowest BCUT2D eigenvalue weighted by atomic mass is 10.0. The van der Waals surface area contributed by atoms with Gasteiger partial charge in [0.25, 0.3) is 0 Å². The number of nitrogens with zero attached hydrogens (tertiary/aromatic N) is 3. The first kappa shape index (κ1) is 15.2. The number of carbonyl (C=O) groups is 1. The van der Waals surface area contributed by atoms with E-state index in [1.807, 2.05) is 0 Å². The topological polar surface area (TPSA) is 58.4 Å². The quantitative estimate of drug-likeness (QED) is 0.918. The molecule has 2 aromatic rings. The van der Waals surface area contributed by atoms with E-state index in [9.17, 15) is 14.3 Å². The van der Waals surface area contributed by atoms with Crippen LogP contribution < -0.4 is 0 Å². The Bertz CT molecular complexity index is 652. The SMILES string of the molecule is CN(Cc1cnn(-c2cccc(F)c2)c1)C(C)(C)C(=O)O. The summed E-state index contributed by atoms with van der Waals surface area (Å²) in [6.07, 6.45) is 3.42. The largest absolute Gasteiger partial charge is 0.480 e. The fraction of sp³-hybridized carbons (Fsp3) is 0.333. The third kappa shape index (κ3) is 3.28. The van der Waals surface area contributed by atoms with Crippen LogP contribution in [0.2, 0.25) is 0 Å². The van der Waals surface area contributed by atoms with E-state index in [1.54, 1.807) is 55.0 Å². The lowest BCUT2D eigenvalue weighted by Crippen LogP contribution is -2.47. The van der Waals surface area contributed by atoms with Crippen molar-refractivity contribution in [3.05, 3.63) is 48.0 Å². The van der Waals surface area contributed by atoms with Crippen molar-refractivity contribution >= 4 is 5.97 Å². The number of benzene rings is 1. The Kier molecular flexibility index (Phi) is 4.09. The van der Waals surface area contributed by atoms with Crippen LogP contribution in [-0.4, -0.2) is 38.3 Å². The second-order valence-electron chi connectivity index (χ2n) is 5.49. The predicted octanol–water partition coefficient (Wildman–Crippen LogP) is 2.31. The minimum absolute atomic E-state index is 0.325. The van der Waals surface area contributed by atoms with Crippen molar-refractivity contribution < 1.29 is 14.3 Å². The van der Waals surface area contributed by atoms with Gasteiger partial charge in [0, 0.05) is 18.3 Å². The van der Waals surface area contributed by atoms with E-state index in [2.05, 4.69) is 5.10 Å². The van der Waals surface area contributed by atoms with Crippen LogP contribution >= 0.6 is 0 Å². The van der Waals surface area contributed by atoms with Crippen LogP contribution in [0.1, 0.15) is 19.4 Å². The molecular formula is C15H18FN3O2. The van der Waals surface area contributed by atoms with Crippen molar-refractivity contribution in [2.75, 3.05) is 7.05 Å². The van der Waals surface area contributed by atoms with Gasteiger partial charge in [-0.1, -0.05) is 6.07 Å². The van der Waals surface area contributed by atoms with Gasteiger partial charge in [-0.25, -0.2) is 9.07 Å². The van der Waals surface area contributed by atoms with Crippen LogP contribution in [0, 0.1) is 5.82 Å². The third-order valence-electron chi connectivity index (χ3n) is 3.61. The maximum absolute atomic E-state index is 13.2. The molecule has 21 heavy (non-hydrogen) atoms. The summed E-state index contributed by atoms with van der Waals surface area (Å²) in [4.78, 5) is 12.9. The molecule has 1 aromatic heterocycles. The first-order chi connectivity index (χ1) is 9.80. The molecule has 112 valence electrons. The van der Waals surface area contributed by atoms with Crippen LogP contribution in [-0.2, 0) is 11.3 Å². The number of carboxylic acids is 1. The summed E-state index contributed by atoms with van der Waals surface area (Å²) < 4.78 is 14.8. The number of hydrogen-bond acceptors (Lipinski definition) is 3. The number of aromatic nitrogens is 2. The molecule has 2 rings (SSSR count). The Morgan fingerprint density at radius 2 is 2.19 bits per heavy atom. The summed E-state index contributed by atoms with van der Waals surface area (Å²) in [7, 11) is 1.74. The van der Waals surface area contributed by atoms with Gasteiger partial charge in [-0.3, -0.25) is 9.69 Å². The highest BCUT2D eigenvalue weighted by Gasteiger charge is 2.32. The lowest BCUT2D eigenvalue weighted by Gasteiger charge is -2.30. The highest BCUT2D eigenvalue weighted by atomic mass is 19.1. The number of likely N-dealkylation sites (N-methyl/N-ethyl adjacent to an activating group) is 1. The highest BCUT2D eigenvalue weighted by Crippen LogP contribution is 2.17. The van der Waals surface area contributed by atoms with E-state index in [1.165, 1.54) is 12.1 Å².